The first-order valence-corrected chi connectivity index (χ1v) is 3.53. The van der Waals surface area contributed by atoms with Crippen LogP contribution in [0.2, 0.25) is 0 Å². The van der Waals surface area contributed by atoms with E-state index in [9.17, 15) is 0 Å². The van der Waals surface area contributed by atoms with Crippen molar-refractivity contribution < 1.29 is 0 Å². The van der Waals surface area contributed by atoms with Gasteiger partial charge >= 0.3 is 0 Å². The van der Waals surface area contributed by atoms with Crippen molar-refractivity contribution in [3.8, 4) is 24.7 Å². The predicted octanol–water partition coefficient (Wildman–Crippen LogP) is 1.54. The Labute approximate surface area is 72.6 Å². The molecule has 12 heavy (non-hydrogen) atoms. The van der Waals surface area contributed by atoms with Crippen molar-refractivity contribution in [2.45, 2.75) is 6.92 Å². The zero-order valence-corrected chi connectivity index (χ0v) is 6.89. The Morgan fingerprint density at radius 2 is 1.92 bits per heavy atom. The summed E-state index contributed by atoms with van der Waals surface area (Å²) in [4.78, 5) is 0. The van der Waals surface area contributed by atoms with Crippen LogP contribution >= 0.6 is 0 Å². The average molecular weight is 155 g/mol. The first kappa shape index (κ1) is 8.24. The molecule has 0 saturated carbocycles. The molecule has 1 aromatic carbocycles. The highest BCUT2D eigenvalue weighted by atomic mass is 14.6. The molecule has 58 valence electrons. The van der Waals surface area contributed by atoms with E-state index in [2.05, 4.69) is 11.8 Å². The number of nitrogen functional groups attached to an aromatic ring is 1. The first-order chi connectivity index (χ1) is 5.70. The molecular weight excluding hydrogens is 146 g/mol. The summed E-state index contributed by atoms with van der Waals surface area (Å²) in [5.41, 5.74) is 8.60. The van der Waals surface area contributed by atoms with Gasteiger partial charge in [0, 0.05) is 5.56 Å². The molecular formula is C11H9N. The molecule has 0 saturated heterocycles. The minimum Gasteiger partial charge on any atom is -0.397 e. The van der Waals surface area contributed by atoms with E-state index < -0.39 is 0 Å². The fourth-order valence-electron chi connectivity index (χ4n) is 0.999. The number of terminal acetylenes is 2. The molecule has 0 aliphatic rings. The van der Waals surface area contributed by atoms with Crippen LogP contribution in [0.5, 0.6) is 0 Å². The Morgan fingerprint density at radius 3 is 2.42 bits per heavy atom. The lowest BCUT2D eigenvalue weighted by Gasteiger charge is -2.04. The van der Waals surface area contributed by atoms with E-state index in [0.29, 0.717) is 16.8 Å². The van der Waals surface area contributed by atoms with Gasteiger partial charge in [0.25, 0.3) is 0 Å². The predicted molar refractivity (Wildman–Crippen MR) is 51.5 cm³/mol. The van der Waals surface area contributed by atoms with E-state index in [-0.39, 0.29) is 0 Å². The molecule has 0 fully saturated rings. The zero-order valence-electron chi connectivity index (χ0n) is 6.89. The highest BCUT2D eigenvalue weighted by Gasteiger charge is 2.03. The van der Waals surface area contributed by atoms with Crippen LogP contribution in [0.4, 0.5) is 5.69 Å². The number of benzene rings is 1. The van der Waals surface area contributed by atoms with Gasteiger partial charge in [-0.15, -0.1) is 12.8 Å². The van der Waals surface area contributed by atoms with E-state index in [0.717, 1.165) is 5.56 Å². The normalized spacial score (nSPS) is 8.58. The minimum atomic E-state index is 0.605. The van der Waals surface area contributed by atoms with Gasteiger partial charge < -0.3 is 5.73 Å². The molecule has 0 bridgehead atoms. The number of hydrogen-bond donors (Lipinski definition) is 1. The van der Waals surface area contributed by atoms with Crippen LogP contribution in [0, 0.1) is 31.6 Å². The Bertz CT molecular complexity index is 389. The summed E-state index contributed by atoms with van der Waals surface area (Å²) in [6.45, 7) is 1.90. The molecule has 2 N–H and O–H groups in total. The molecule has 0 amide bonds. The van der Waals surface area contributed by atoms with Gasteiger partial charge in [0.1, 0.15) is 0 Å². The topological polar surface area (TPSA) is 26.0 Å². The lowest BCUT2D eigenvalue weighted by atomic mass is 10.0. The van der Waals surface area contributed by atoms with E-state index >= 15 is 0 Å². The van der Waals surface area contributed by atoms with Crippen LogP contribution in [0.3, 0.4) is 0 Å². The van der Waals surface area contributed by atoms with E-state index in [1.165, 1.54) is 0 Å². The molecule has 0 aliphatic carbocycles. The van der Waals surface area contributed by atoms with Gasteiger partial charge in [0.05, 0.1) is 11.3 Å². The Balaban J connectivity index is 3.52. The van der Waals surface area contributed by atoms with Crippen LogP contribution in [-0.4, -0.2) is 0 Å². The quantitative estimate of drug-likeness (QED) is 0.446. The van der Waals surface area contributed by atoms with Crippen LogP contribution in [0.15, 0.2) is 12.1 Å². The molecule has 0 aromatic heterocycles. The van der Waals surface area contributed by atoms with Gasteiger partial charge in [-0.3, -0.25) is 0 Å². The van der Waals surface area contributed by atoms with Crippen molar-refractivity contribution in [2.24, 2.45) is 0 Å². The van der Waals surface area contributed by atoms with Crippen LogP contribution in [-0.2, 0) is 0 Å². The van der Waals surface area contributed by atoms with Crippen LogP contribution in [0.1, 0.15) is 16.7 Å². The lowest BCUT2D eigenvalue weighted by Crippen LogP contribution is -1.96. The van der Waals surface area contributed by atoms with Gasteiger partial charge in [0.15, 0.2) is 0 Å². The number of hydrogen-bond acceptors (Lipinski definition) is 1. The monoisotopic (exact) mass is 155 g/mol. The highest BCUT2D eigenvalue weighted by molar-refractivity contribution is 5.66. The third kappa shape index (κ3) is 1.13. The number of aryl methyl sites for hydroxylation is 1. The molecule has 1 aromatic rings. The Hall–Kier alpha value is -1.86. The second kappa shape index (κ2) is 3.03. The fourth-order valence-corrected chi connectivity index (χ4v) is 0.999. The molecule has 1 nitrogen and oxygen atoms in total. The summed E-state index contributed by atoms with van der Waals surface area (Å²) < 4.78 is 0. The Kier molecular flexibility index (Phi) is 2.08. The highest BCUT2D eigenvalue weighted by Crippen LogP contribution is 2.19. The van der Waals surface area contributed by atoms with Gasteiger partial charge in [-0.05, 0) is 18.6 Å². The zero-order chi connectivity index (χ0) is 9.14. The molecule has 0 unspecified atom stereocenters. The summed E-state index contributed by atoms with van der Waals surface area (Å²) in [7, 11) is 0. The molecule has 0 aliphatic heterocycles. The molecule has 1 rings (SSSR count). The lowest BCUT2D eigenvalue weighted by molar-refractivity contribution is 1.44. The van der Waals surface area contributed by atoms with Crippen molar-refractivity contribution in [3.63, 3.8) is 0 Å². The van der Waals surface area contributed by atoms with Gasteiger partial charge in [-0.2, -0.15) is 0 Å². The van der Waals surface area contributed by atoms with E-state index in [4.69, 9.17) is 18.6 Å². The van der Waals surface area contributed by atoms with Crippen molar-refractivity contribution in [2.75, 3.05) is 5.73 Å². The second-order valence-corrected chi connectivity index (χ2v) is 2.51. The summed E-state index contributed by atoms with van der Waals surface area (Å²) in [5, 5.41) is 0. The van der Waals surface area contributed by atoms with Crippen molar-refractivity contribution >= 4 is 5.69 Å². The molecule has 0 radical (unpaired) electrons. The smallest absolute Gasteiger partial charge is 0.0631 e. The maximum atomic E-state index is 5.73. The minimum absolute atomic E-state index is 0.605. The largest absolute Gasteiger partial charge is 0.397 e. The van der Waals surface area contributed by atoms with E-state index in [1.807, 2.05) is 13.0 Å². The standard InChI is InChI=1S/C11H9N/c1-4-9-7-6-8(3)11(12)10(9)5-2/h1-2,6-7H,12H2,3H3. The number of anilines is 1. The third-order valence-corrected chi connectivity index (χ3v) is 1.76. The van der Waals surface area contributed by atoms with Crippen molar-refractivity contribution in [1.82, 2.24) is 0 Å². The molecule has 1 heteroatoms. The SMILES string of the molecule is C#Cc1ccc(C)c(N)c1C#C. The third-order valence-electron chi connectivity index (χ3n) is 1.76. The second-order valence-electron chi connectivity index (χ2n) is 2.51. The molecule has 0 atom stereocenters. The van der Waals surface area contributed by atoms with Gasteiger partial charge in [-0.25, -0.2) is 0 Å². The maximum Gasteiger partial charge on any atom is 0.0631 e. The van der Waals surface area contributed by atoms with Gasteiger partial charge in [-0.1, -0.05) is 17.9 Å². The summed E-state index contributed by atoms with van der Waals surface area (Å²) >= 11 is 0. The number of nitrogens with two attached hydrogens (primary N) is 1. The fraction of sp³-hybridized carbons (Fsp3) is 0.0909. The Morgan fingerprint density at radius 1 is 1.25 bits per heavy atom. The first-order valence-electron chi connectivity index (χ1n) is 3.53. The number of rotatable bonds is 0. The van der Waals surface area contributed by atoms with Crippen molar-refractivity contribution in [1.29, 1.82) is 0 Å². The van der Waals surface area contributed by atoms with Crippen LogP contribution < -0.4 is 5.73 Å². The summed E-state index contributed by atoms with van der Waals surface area (Å²) in [5.74, 6) is 4.98. The maximum absolute atomic E-state index is 5.73. The van der Waals surface area contributed by atoms with E-state index in [1.54, 1.807) is 6.07 Å². The molecule has 0 spiro atoms. The average Bonchev–Trinajstić information content (AvgIpc) is 2.09. The summed E-state index contributed by atoms with van der Waals surface area (Å²) in [6.07, 6.45) is 10.5. The summed E-state index contributed by atoms with van der Waals surface area (Å²) in [6, 6.07) is 3.67. The van der Waals surface area contributed by atoms with Crippen molar-refractivity contribution in [3.05, 3.63) is 28.8 Å². The molecule has 0 heterocycles. The van der Waals surface area contributed by atoms with Gasteiger partial charge in [0.2, 0.25) is 0 Å². The van der Waals surface area contributed by atoms with Crippen LogP contribution in [0.25, 0.3) is 0 Å².